The predicted octanol–water partition coefficient (Wildman–Crippen LogP) is 4.15. The number of carbonyl (C=O) groups is 2. The third-order valence-corrected chi connectivity index (χ3v) is 7.37. The molecule has 1 heterocycles. The summed E-state index contributed by atoms with van der Waals surface area (Å²) < 4.78 is 27.5. The van der Waals surface area contributed by atoms with Gasteiger partial charge in [0.15, 0.2) is 0 Å². The molecule has 0 spiro atoms. The molecule has 1 fully saturated rings. The van der Waals surface area contributed by atoms with E-state index < -0.39 is 15.9 Å². The molecule has 1 atom stereocenters. The third kappa shape index (κ3) is 6.42. The van der Waals surface area contributed by atoms with E-state index in [0.717, 1.165) is 42.5 Å². The quantitative estimate of drug-likeness (QED) is 0.509. The minimum atomic E-state index is -3.57. The van der Waals surface area contributed by atoms with Crippen LogP contribution < -0.4 is 14.9 Å². The molecule has 0 aromatic heterocycles. The molecule has 2 N–H and O–H groups in total. The second-order valence-electron chi connectivity index (χ2n) is 8.67. The Labute approximate surface area is 196 Å². The molecule has 1 saturated heterocycles. The van der Waals surface area contributed by atoms with Crippen molar-refractivity contribution >= 4 is 33.2 Å². The third-order valence-electron chi connectivity index (χ3n) is 5.89. The van der Waals surface area contributed by atoms with Crippen molar-refractivity contribution in [3.05, 3.63) is 53.6 Å². The Morgan fingerprint density at radius 3 is 2.45 bits per heavy atom. The molecule has 1 aliphatic rings. The van der Waals surface area contributed by atoms with E-state index >= 15 is 0 Å². The number of anilines is 2. The maximum Gasteiger partial charge on any atom is 0.240 e. The second-order valence-corrected chi connectivity index (χ2v) is 10.4. The Balaban J connectivity index is 1.58. The summed E-state index contributed by atoms with van der Waals surface area (Å²) in [5.74, 6) is -0.791. The van der Waals surface area contributed by atoms with Crippen molar-refractivity contribution in [2.24, 2.45) is 5.92 Å². The van der Waals surface area contributed by atoms with E-state index in [-0.39, 0.29) is 23.1 Å². The Morgan fingerprint density at radius 2 is 1.79 bits per heavy atom. The van der Waals surface area contributed by atoms with Gasteiger partial charge in [0.2, 0.25) is 21.8 Å². The Bertz CT molecular complexity index is 1100. The predicted molar refractivity (Wildman–Crippen MR) is 131 cm³/mol. The Morgan fingerprint density at radius 1 is 1.06 bits per heavy atom. The fourth-order valence-corrected chi connectivity index (χ4v) is 5.10. The first-order valence-electron chi connectivity index (χ1n) is 11.5. The van der Waals surface area contributed by atoms with E-state index in [1.165, 1.54) is 12.1 Å². The highest BCUT2D eigenvalue weighted by molar-refractivity contribution is 7.89. The van der Waals surface area contributed by atoms with Crippen LogP contribution in [0.4, 0.5) is 11.4 Å². The van der Waals surface area contributed by atoms with Crippen molar-refractivity contribution in [2.75, 3.05) is 23.3 Å². The lowest BCUT2D eigenvalue weighted by Gasteiger charge is -2.19. The number of unbranched alkanes of at least 4 members (excludes halogenated alkanes) is 3. The molecule has 2 aromatic carbocycles. The van der Waals surface area contributed by atoms with Gasteiger partial charge in [-0.25, -0.2) is 13.1 Å². The number of aryl methyl sites for hydroxylation is 2. The molecule has 0 saturated carbocycles. The van der Waals surface area contributed by atoms with Gasteiger partial charge in [-0.05, 0) is 56.2 Å². The number of nitrogens with one attached hydrogen (secondary N) is 2. The SMILES string of the molecule is CCCCCCNS(=O)(=O)c1ccc(NC(=O)C2CC(=O)N(c3ccc(C)cc3C)C2)cc1. The monoisotopic (exact) mass is 471 g/mol. The van der Waals surface area contributed by atoms with Gasteiger partial charge in [-0.2, -0.15) is 0 Å². The lowest BCUT2D eigenvalue weighted by atomic mass is 10.1. The molecule has 2 amide bonds. The van der Waals surface area contributed by atoms with Crippen LogP contribution in [0.15, 0.2) is 47.4 Å². The van der Waals surface area contributed by atoms with E-state index in [1.54, 1.807) is 17.0 Å². The van der Waals surface area contributed by atoms with Crippen LogP contribution in [0.25, 0.3) is 0 Å². The van der Waals surface area contributed by atoms with Crippen LogP contribution in [-0.2, 0) is 19.6 Å². The van der Waals surface area contributed by atoms with Gasteiger partial charge < -0.3 is 10.2 Å². The summed E-state index contributed by atoms with van der Waals surface area (Å²) in [6.07, 6.45) is 4.13. The van der Waals surface area contributed by atoms with Crippen LogP contribution in [0.5, 0.6) is 0 Å². The summed E-state index contributed by atoms with van der Waals surface area (Å²) in [7, 11) is -3.57. The van der Waals surface area contributed by atoms with E-state index in [1.807, 2.05) is 32.0 Å². The molecular formula is C25H33N3O4S. The summed E-state index contributed by atoms with van der Waals surface area (Å²) in [5, 5.41) is 2.81. The number of hydrogen-bond donors (Lipinski definition) is 2. The second kappa shape index (κ2) is 10.9. The van der Waals surface area contributed by atoms with Crippen LogP contribution in [0, 0.1) is 19.8 Å². The molecule has 0 aliphatic carbocycles. The molecule has 7 nitrogen and oxygen atoms in total. The molecule has 0 radical (unpaired) electrons. The minimum Gasteiger partial charge on any atom is -0.326 e. The van der Waals surface area contributed by atoms with Gasteiger partial charge in [-0.15, -0.1) is 0 Å². The highest BCUT2D eigenvalue weighted by Gasteiger charge is 2.35. The normalized spacial score (nSPS) is 16.3. The van der Waals surface area contributed by atoms with Gasteiger partial charge in [0.25, 0.3) is 0 Å². The van der Waals surface area contributed by atoms with Crippen LogP contribution in [0.2, 0.25) is 0 Å². The van der Waals surface area contributed by atoms with Crippen LogP contribution in [0.3, 0.4) is 0 Å². The largest absolute Gasteiger partial charge is 0.326 e. The maximum atomic E-state index is 12.8. The molecule has 178 valence electrons. The van der Waals surface area contributed by atoms with Gasteiger partial charge in [-0.3, -0.25) is 9.59 Å². The zero-order chi connectivity index (χ0) is 24.0. The van der Waals surface area contributed by atoms with Gasteiger partial charge in [0, 0.05) is 30.9 Å². The van der Waals surface area contributed by atoms with Crippen molar-refractivity contribution in [2.45, 2.75) is 57.8 Å². The standard InChI is InChI=1S/C25H33N3O4S/c1-4-5-6-7-14-26-33(31,32)22-11-9-21(10-12-22)27-25(30)20-16-24(29)28(17-20)23-13-8-18(2)15-19(23)3/h8-13,15,20,26H,4-7,14,16-17H2,1-3H3,(H,27,30). The lowest BCUT2D eigenvalue weighted by Crippen LogP contribution is -2.28. The minimum absolute atomic E-state index is 0.0754. The van der Waals surface area contributed by atoms with Gasteiger partial charge in [0.1, 0.15) is 0 Å². The summed E-state index contributed by atoms with van der Waals surface area (Å²) in [5.41, 5.74) is 3.45. The Hall–Kier alpha value is -2.71. The highest BCUT2D eigenvalue weighted by Crippen LogP contribution is 2.29. The average Bonchev–Trinajstić information content (AvgIpc) is 3.15. The van der Waals surface area contributed by atoms with E-state index in [4.69, 9.17) is 0 Å². The zero-order valence-electron chi connectivity index (χ0n) is 19.6. The molecule has 2 aromatic rings. The number of sulfonamides is 1. The summed E-state index contributed by atoms with van der Waals surface area (Å²) in [6, 6.07) is 12.0. The van der Waals surface area contributed by atoms with E-state index in [2.05, 4.69) is 17.0 Å². The zero-order valence-corrected chi connectivity index (χ0v) is 20.4. The molecule has 3 rings (SSSR count). The number of hydrogen-bond acceptors (Lipinski definition) is 4. The molecule has 33 heavy (non-hydrogen) atoms. The number of amides is 2. The highest BCUT2D eigenvalue weighted by atomic mass is 32.2. The van der Waals surface area contributed by atoms with Crippen molar-refractivity contribution in [1.29, 1.82) is 0 Å². The maximum absolute atomic E-state index is 12.8. The van der Waals surface area contributed by atoms with Gasteiger partial charge >= 0.3 is 0 Å². The van der Waals surface area contributed by atoms with E-state index in [0.29, 0.717) is 18.8 Å². The van der Waals surface area contributed by atoms with Crippen molar-refractivity contribution in [1.82, 2.24) is 4.72 Å². The molecule has 1 unspecified atom stereocenters. The first-order chi connectivity index (χ1) is 15.7. The fraction of sp³-hybridized carbons (Fsp3) is 0.440. The smallest absolute Gasteiger partial charge is 0.240 e. The summed E-state index contributed by atoms with van der Waals surface area (Å²) >= 11 is 0. The molecule has 8 heteroatoms. The van der Waals surface area contributed by atoms with Gasteiger partial charge in [-0.1, -0.05) is 43.9 Å². The first-order valence-corrected chi connectivity index (χ1v) is 13.0. The fourth-order valence-electron chi connectivity index (χ4n) is 4.03. The van der Waals surface area contributed by atoms with Crippen molar-refractivity contribution < 1.29 is 18.0 Å². The molecule has 1 aliphatic heterocycles. The van der Waals surface area contributed by atoms with Crippen LogP contribution in [-0.4, -0.2) is 33.3 Å². The number of benzene rings is 2. The Kier molecular flexibility index (Phi) is 8.26. The van der Waals surface area contributed by atoms with Crippen LogP contribution >= 0.6 is 0 Å². The lowest BCUT2D eigenvalue weighted by molar-refractivity contribution is -0.122. The topological polar surface area (TPSA) is 95.6 Å². The summed E-state index contributed by atoms with van der Waals surface area (Å²) in [4.78, 5) is 27.1. The average molecular weight is 472 g/mol. The summed E-state index contributed by atoms with van der Waals surface area (Å²) in [6.45, 7) is 6.80. The van der Waals surface area contributed by atoms with Crippen molar-refractivity contribution in [3.8, 4) is 0 Å². The van der Waals surface area contributed by atoms with Crippen molar-refractivity contribution in [3.63, 3.8) is 0 Å². The first kappa shape index (κ1) is 24.9. The number of carbonyl (C=O) groups excluding carboxylic acids is 2. The molecular weight excluding hydrogens is 438 g/mol. The van der Waals surface area contributed by atoms with E-state index in [9.17, 15) is 18.0 Å². The molecule has 0 bridgehead atoms. The van der Waals surface area contributed by atoms with Gasteiger partial charge in [0.05, 0.1) is 10.8 Å². The number of rotatable bonds is 10. The number of nitrogens with zero attached hydrogens (tertiary/aromatic N) is 1. The van der Waals surface area contributed by atoms with Crippen LogP contribution in [0.1, 0.15) is 50.2 Å².